The second kappa shape index (κ2) is 8.39. The Hall–Kier alpha value is -2.78. The van der Waals surface area contributed by atoms with Crippen LogP contribution >= 0.6 is 0 Å². The number of benzene rings is 2. The lowest BCUT2D eigenvalue weighted by Gasteiger charge is -2.21. The Balaban J connectivity index is 1.34. The van der Waals surface area contributed by atoms with Crippen LogP contribution in [0.5, 0.6) is 0 Å². The van der Waals surface area contributed by atoms with Gasteiger partial charge in [0.1, 0.15) is 11.5 Å². The molecule has 2 aromatic carbocycles. The summed E-state index contributed by atoms with van der Waals surface area (Å²) in [4.78, 5) is 18.2. The van der Waals surface area contributed by atoms with E-state index in [1.165, 1.54) is 16.4 Å². The van der Waals surface area contributed by atoms with Crippen molar-refractivity contribution >= 4 is 21.6 Å². The Morgan fingerprint density at radius 2 is 1.94 bits per heavy atom. The highest BCUT2D eigenvalue weighted by molar-refractivity contribution is 7.89. The van der Waals surface area contributed by atoms with E-state index >= 15 is 0 Å². The number of carbonyl (C=O) groups excluding carboxylic acids is 1. The van der Waals surface area contributed by atoms with E-state index in [4.69, 9.17) is 4.84 Å². The third-order valence-electron chi connectivity index (χ3n) is 5.77. The van der Waals surface area contributed by atoms with E-state index in [2.05, 4.69) is 10.5 Å². The van der Waals surface area contributed by atoms with Gasteiger partial charge in [-0.15, -0.1) is 0 Å². The van der Waals surface area contributed by atoms with Crippen LogP contribution in [-0.2, 0) is 19.7 Å². The number of halogens is 1. The lowest BCUT2D eigenvalue weighted by atomic mass is 9.96. The summed E-state index contributed by atoms with van der Waals surface area (Å²) in [6.07, 6.45) is 0.669. The molecule has 1 saturated heterocycles. The van der Waals surface area contributed by atoms with E-state index in [9.17, 15) is 17.6 Å². The van der Waals surface area contributed by atoms with Crippen LogP contribution in [-0.4, -0.2) is 49.6 Å². The highest BCUT2D eigenvalue weighted by Gasteiger charge is 2.49. The van der Waals surface area contributed by atoms with E-state index in [1.54, 1.807) is 0 Å². The molecule has 0 saturated carbocycles. The van der Waals surface area contributed by atoms with Crippen LogP contribution in [0.2, 0.25) is 0 Å². The van der Waals surface area contributed by atoms with Crippen molar-refractivity contribution in [2.75, 3.05) is 19.6 Å². The number of nitrogens with one attached hydrogen (secondary N) is 1. The lowest BCUT2D eigenvalue weighted by molar-refractivity contribution is -0.115. The van der Waals surface area contributed by atoms with Crippen molar-refractivity contribution < 1.29 is 22.4 Å². The SMILES string of the molecule is C[C@H](CNC(=O)C1=NO[C@@]2(CCN(S(=O)(=O)c3ccc(F)cc3)C2)C1)c1ccccc1. The van der Waals surface area contributed by atoms with Gasteiger partial charge in [-0.05, 0) is 35.7 Å². The van der Waals surface area contributed by atoms with Crippen LogP contribution in [0, 0.1) is 5.82 Å². The molecule has 2 atom stereocenters. The van der Waals surface area contributed by atoms with Gasteiger partial charge in [0, 0.05) is 25.9 Å². The van der Waals surface area contributed by atoms with Gasteiger partial charge in [0.15, 0.2) is 5.60 Å². The second-order valence-corrected chi connectivity index (χ2v) is 9.99. The van der Waals surface area contributed by atoms with Gasteiger partial charge in [0.05, 0.1) is 11.4 Å². The molecule has 0 aliphatic carbocycles. The van der Waals surface area contributed by atoms with E-state index in [0.717, 1.165) is 17.7 Å². The van der Waals surface area contributed by atoms with Gasteiger partial charge >= 0.3 is 0 Å². The normalized spacial score (nSPS) is 22.2. The zero-order valence-corrected chi connectivity index (χ0v) is 17.9. The molecule has 1 fully saturated rings. The van der Waals surface area contributed by atoms with Crippen LogP contribution in [0.3, 0.4) is 0 Å². The van der Waals surface area contributed by atoms with Crippen LogP contribution in [0.15, 0.2) is 64.6 Å². The van der Waals surface area contributed by atoms with Crippen molar-refractivity contribution in [2.24, 2.45) is 5.16 Å². The molecule has 9 heteroatoms. The molecule has 1 N–H and O–H groups in total. The largest absolute Gasteiger partial charge is 0.387 e. The Morgan fingerprint density at radius 1 is 1.23 bits per heavy atom. The zero-order valence-electron chi connectivity index (χ0n) is 17.1. The summed E-state index contributed by atoms with van der Waals surface area (Å²) in [6.45, 7) is 2.82. The second-order valence-electron chi connectivity index (χ2n) is 8.05. The lowest BCUT2D eigenvalue weighted by Crippen LogP contribution is -2.39. The fourth-order valence-electron chi connectivity index (χ4n) is 3.88. The van der Waals surface area contributed by atoms with Crippen molar-refractivity contribution in [1.82, 2.24) is 9.62 Å². The predicted molar refractivity (Wildman–Crippen MR) is 114 cm³/mol. The Labute approximate surface area is 180 Å². The van der Waals surface area contributed by atoms with Crippen LogP contribution < -0.4 is 5.32 Å². The molecule has 1 amide bonds. The molecule has 0 unspecified atom stereocenters. The molecule has 2 aliphatic rings. The molecule has 0 radical (unpaired) electrons. The third kappa shape index (κ3) is 4.47. The number of hydrogen-bond acceptors (Lipinski definition) is 5. The maximum atomic E-state index is 13.1. The average Bonchev–Trinajstić information content (AvgIpc) is 3.40. The van der Waals surface area contributed by atoms with Crippen LogP contribution in [0.4, 0.5) is 4.39 Å². The number of hydrogen-bond donors (Lipinski definition) is 1. The van der Waals surface area contributed by atoms with Crippen LogP contribution in [0.1, 0.15) is 31.2 Å². The molecule has 4 rings (SSSR count). The van der Waals surface area contributed by atoms with E-state index in [-0.39, 0.29) is 41.9 Å². The first kappa shape index (κ1) is 21.5. The Morgan fingerprint density at radius 3 is 2.65 bits per heavy atom. The summed E-state index contributed by atoms with van der Waals surface area (Å²) >= 11 is 0. The highest BCUT2D eigenvalue weighted by atomic mass is 32.2. The van der Waals surface area contributed by atoms with Crippen molar-refractivity contribution in [3.05, 3.63) is 66.0 Å². The Bertz CT molecular complexity index is 1090. The molecule has 31 heavy (non-hydrogen) atoms. The van der Waals surface area contributed by atoms with Gasteiger partial charge in [-0.25, -0.2) is 12.8 Å². The molecule has 2 aliphatic heterocycles. The van der Waals surface area contributed by atoms with Gasteiger partial charge in [-0.3, -0.25) is 4.79 Å². The molecule has 7 nitrogen and oxygen atoms in total. The predicted octanol–water partition coefficient (Wildman–Crippen LogP) is 2.66. The molecular formula is C22H24FN3O4S. The van der Waals surface area contributed by atoms with Crippen molar-refractivity contribution in [1.29, 1.82) is 0 Å². The summed E-state index contributed by atoms with van der Waals surface area (Å²) in [5.74, 6) is -0.661. The summed E-state index contributed by atoms with van der Waals surface area (Å²) in [6, 6.07) is 14.6. The minimum atomic E-state index is -3.77. The first-order valence-electron chi connectivity index (χ1n) is 10.1. The van der Waals surface area contributed by atoms with E-state index in [1.807, 2.05) is 37.3 Å². The molecule has 0 bridgehead atoms. The molecule has 1 spiro atoms. The fourth-order valence-corrected chi connectivity index (χ4v) is 5.39. The fraction of sp³-hybridized carbons (Fsp3) is 0.364. The summed E-state index contributed by atoms with van der Waals surface area (Å²) in [5.41, 5.74) is 0.549. The number of rotatable bonds is 6. The van der Waals surface area contributed by atoms with E-state index < -0.39 is 21.4 Å². The summed E-state index contributed by atoms with van der Waals surface area (Å²) < 4.78 is 40.1. The van der Waals surface area contributed by atoms with Gasteiger partial charge in [0.25, 0.3) is 5.91 Å². The molecule has 2 heterocycles. The van der Waals surface area contributed by atoms with Gasteiger partial charge in [-0.1, -0.05) is 42.4 Å². The maximum absolute atomic E-state index is 13.1. The summed E-state index contributed by atoms with van der Waals surface area (Å²) in [5, 5.41) is 6.84. The first-order chi connectivity index (χ1) is 14.8. The molecule has 164 valence electrons. The quantitative estimate of drug-likeness (QED) is 0.741. The van der Waals surface area contributed by atoms with Crippen LogP contribution in [0.25, 0.3) is 0 Å². The van der Waals surface area contributed by atoms with Crippen molar-refractivity contribution in [3.63, 3.8) is 0 Å². The van der Waals surface area contributed by atoms with E-state index in [0.29, 0.717) is 13.0 Å². The maximum Gasteiger partial charge on any atom is 0.269 e. The third-order valence-corrected chi connectivity index (χ3v) is 7.63. The zero-order chi connectivity index (χ0) is 22.1. The topological polar surface area (TPSA) is 88.1 Å². The number of carbonyl (C=O) groups is 1. The number of amides is 1. The molecule has 2 aromatic rings. The Kier molecular flexibility index (Phi) is 5.81. The minimum Gasteiger partial charge on any atom is -0.387 e. The standard InChI is InChI=1S/C22H24FN3O4S/c1-16(17-5-3-2-4-6-17)14-24-21(27)20-13-22(30-25-20)11-12-26(15-22)31(28,29)19-9-7-18(23)8-10-19/h2-10,16H,11-15H2,1H3,(H,24,27)/t16-,22+/m1/s1. The molecular weight excluding hydrogens is 421 g/mol. The van der Waals surface area contributed by atoms with Gasteiger partial charge in [-0.2, -0.15) is 4.31 Å². The minimum absolute atomic E-state index is 0.0257. The van der Waals surface area contributed by atoms with Gasteiger partial charge < -0.3 is 10.2 Å². The van der Waals surface area contributed by atoms with Gasteiger partial charge in [0.2, 0.25) is 10.0 Å². The number of oxime groups is 1. The average molecular weight is 446 g/mol. The first-order valence-corrected chi connectivity index (χ1v) is 11.6. The number of nitrogens with zero attached hydrogens (tertiary/aromatic N) is 2. The molecule has 0 aromatic heterocycles. The van der Waals surface area contributed by atoms with Crippen molar-refractivity contribution in [3.8, 4) is 0 Å². The van der Waals surface area contributed by atoms with Crippen molar-refractivity contribution in [2.45, 2.75) is 36.2 Å². The number of sulfonamides is 1. The smallest absolute Gasteiger partial charge is 0.269 e. The monoisotopic (exact) mass is 445 g/mol. The summed E-state index contributed by atoms with van der Waals surface area (Å²) in [7, 11) is -3.77. The highest BCUT2D eigenvalue weighted by Crippen LogP contribution is 2.36.